The second-order valence-electron chi connectivity index (χ2n) is 7.37. The summed E-state index contributed by atoms with van der Waals surface area (Å²) in [6.45, 7) is 4.82. The average Bonchev–Trinajstić information content (AvgIpc) is 2.83. The number of nitrogens with zero attached hydrogens (tertiary/aromatic N) is 3. The molecule has 0 aliphatic carbocycles. The zero-order valence-corrected chi connectivity index (χ0v) is 15.5. The van der Waals surface area contributed by atoms with Gasteiger partial charge in [-0.25, -0.2) is 4.79 Å². The molecule has 1 unspecified atom stereocenters. The van der Waals surface area contributed by atoms with Gasteiger partial charge in [0.1, 0.15) is 5.75 Å². The Morgan fingerprint density at radius 3 is 2.64 bits per heavy atom. The third-order valence-electron chi connectivity index (χ3n) is 5.19. The Balaban J connectivity index is 1.77. The summed E-state index contributed by atoms with van der Waals surface area (Å²) in [5.74, 6) is 0.866. The quantitative estimate of drug-likeness (QED) is 0.823. The maximum Gasteiger partial charge on any atom is 0.319 e. The number of amides is 2. The predicted molar refractivity (Wildman–Crippen MR) is 98.3 cm³/mol. The molecule has 3 rings (SSSR count). The summed E-state index contributed by atoms with van der Waals surface area (Å²) in [6, 6.07) is 8.29. The standard InChI is InChI=1S/C19H29N3O3/c1-20(2)18(23)22-10-4-9-19(14-22)13-21(11-12-25-15-19)16-5-7-17(24-3)8-6-16/h5-8H,4,9-15H2,1-3H3. The molecule has 2 saturated heterocycles. The second-order valence-corrected chi connectivity index (χ2v) is 7.37. The molecular weight excluding hydrogens is 318 g/mol. The molecule has 1 atom stereocenters. The first-order chi connectivity index (χ1) is 12.0. The van der Waals surface area contributed by atoms with Gasteiger partial charge in [-0.3, -0.25) is 0 Å². The topological polar surface area (TPSA) is 45.3 Å². The van der Waals surface area contributed by atoms with E-state index in [1.165, 1.54) is 5.69 Å². The molecule has 6 heteroatoms. The fourth-order valence-electron chi connectivity index (χ4n) is 3.91. The van der Waals surface area contributed by atoms with Crippen LogP contribution in [0.2, 0.25) is 0 Å². The first-order valence-corrected chi connectivity index (χ1v) is 8.96. The summed E-state index contributed by atoms with van der Waals surface area (Å²) in [6.07, 6.45) is 2.12. The number of rotatable bonds is 2. The van der Waals surface area contributed by atoms with Crippen LogP contribution in [0.25, 0.3) is 0 Å². The van der Waals surface area contributed by atoms with Gasteiger partial charge in [0.25, 0.3) is 0 Å². The Kier molecular flexibility index (Phi) is 5.37. The summed E-state index contributed by atoms with van der Waals surface area (Å²) in [5.41, 5.74) is 1.18. The molecule has 2 heterocycles. The summed E-state index contributed by atoms with van der Waals surface area (Å²) in [4.78, 5) is 18.4. The average molecular weight is 347 g/mol. The number of benzene rings is 1. The van der Waals surface area contributed by atoms with Gasteiger partial charge in [-0.05, 0) is 37.1 Å². The van der Waals surface area contributed by atoms with Crippen LogP contribution in [0.1, 0.15) is 12.8 Å². The van der Waals surface area contributed by atoms with Gasteiger partial charge in [0, 0.05) is 51.4 Å². The molecule has 25 heavy (non-hydrogen) atoms. The molecule has 2 amide bonds. The first-order valence-electron chi connectivity index (χ1n) is 8.96. The van der Waals surface area contributed by atoms with Crippen molar-refractivity contribution in [1.29, 1.82) is 0 Å². The Morgan fingerprint density at radius 1 is 1.20 bits per heavy atom. The van der Waals surface area contributed by atoms with Crippen LogP contribution in [0.15, 0.2) is 24.3 Å². The lowest BCUT2D eigenvalue weighted by atomic mass is 9.80. The zero-order valence-electron chi connectivity index (χ0n) is 15.5. The largest absolute Gasteiger partial charge is 0.497 e. The Bertz CT molecular complexity index is 590. The van der Waals surface area contributed by atoms with Crippen molar-refractivity contribution in [2.45, 2.75) is 12.8 Å². The minimum atomic E-state index is 0.000345. The predicted octanol–water partition coefficient (Wildman–Crippen LogP) is 2.30. The first kappa shape index (κ1) is 17.9. The molecule has 2 aliphatic heterocycles. The highest BCUT2D eigenvalue weighted by Crippen LogP contribution is 2.35. The van der Waals surface area contributed by atoms with E-state index in [0.717, 1.165) is 58.0 Å². The van der Waals surface area contributed by atoms with Crippen LogP contribution in [0.4, 0.5) is 10.5 Å². The Morgan fingerprint density at radius 2 is 1.96 bits per heavy atom. The third-order valence-corrected chi connectivity index (χ3v) is 5.19. The van der Waals surface area contributed by atoms with Gasteiger partial charge in [0.05, 0.1) is 20.3 Å². The summed E-state index contributed by atoms with van der Waals surface area (Å²) in [5, 5.41) is 0. The van der Waals surface area contributed by atoms with Gasteiger partial charge < -0.3 is 24.2 Å². The normalized spacial score (nSPS) is 24.1. The van der Waals surface area contributed by atoms with E-state index in [0.29, 0.717) is 0 Å². The zero-order chi connectivity index (χ0) is 17.9. The van der Waals surface area contributed by atoms with Gasteiger partial charge in [-0.2, -0.15) is 0 Å². The Labute approximate surface area is 150 Å². The second kappa shape index (κ2) is 7.52. The number of carbonyl (C=O) groups excluding carboxylic acids is 1. The van der Waals surface area contributed by atoms with Gasteiger partial charge in [0.2, 0.25) is 0 Å². The van der Waals surface area contributed by atoms with Crippen LogP contribution in [-0.2, 0) is 4.74 Å². The lowest BCUT2D eigenvalue weighted by Gasteiger charge is -2.44. The molecule has 2 fully saturated rings. The number of ether oxygens (including phenoxy) is 2. The monoisotopic (exact) mass is 347 g/mol. The highest BCUT2D eigenvalue weighted by atomic mass is 16.5. The minimum absolute atomic E-state index is 0.000345. The van der Waals surface area contributed by atoms with E-state index >= 15 is 0 Å². The number of methoxy groups -OCH3 is 1. The van der Waals surface area contributed by atoms with Gasteiger partial charge in [0.15, 0.2) is 0 Å². The van der Waals surface area contributed by atoms with Crippen molar-refractivity contribution >= 4 is 11.7 Å². The lowest BCUT2D eigenvalue weighted by molar-refractivity contribution is 0.0210. The Hall–Kier alpha value is -1.95. The molecule has 138 valence electrons. The van der Waals surface area contributed by atoms with Crippen LogP contribution >= 0.6 is 0 Å². The summed E-state index contributed by atoms with van der Waals surface area (Å²) >= 11 is 0. The summed E-state index contributed by atoms with van der Waals surface area (Å²) in [7, 11) is 5.32. The van der Waals surface area contributed by atoms with Crippen molar-refractivity contribution in [3.63, 3.8) is 0 Å². The van der Waals surface area contributed by atoms with E-state index in [2.05, 4.69) is 17.0 Å². The lowest BCUT2D eigenvalue weighted by Crippen LogP contribution is -2.54. The fraction of sp³-hybridized carbons (Fsp3) is 0.632. The minimum Gasteiger partial charge on any atom is -0.497 e. The van der Waals surface area contributed by atoms with Crippen LogP contribution in [-0.4, -0.2) is 76.4 Å². The molecule has 0 saturated carbocycles. The van der Waals surface area contributed by atoms with Crippen molar-refractivity contribution < 1.29 is 14.3 Å². The number of hydrogen-bond acceptors (Lipinski definition) is 4. The van der Waals surface area contributed by atoms with Gasteiger partial charge in [-0.1, -0.05) is 0 Å². The third kappa shape index (κ3) is 4.00. The summed E-state index contributed by atoms with van der Waals surface area (Å²) < 4.78 is 11.2. The molecular formula is C19H29N3O3. The maximum absolute atomic E-state index is 12.4. The molecule has 0 aromatic heterocycles. The number of hydrogen-bond donors (Lipinski definition) is 0. The van der Waals surface area contributed by atoms with Crippen molar-refractivity contribution in [3.05, 3.63) is 24.3 Å². The van der Waals surface area contributed by atoms with E-state index in [1.807, 2.05) is 31.1 Å². The van der Waals surface area contributed by atoms with Gasteiger partial charge in [-0.15, -0.1) is 0 Å². The SMILES string of the molecule is COc1ccc(N2CCOCC3(CCCN(C(=O)N(C)C)C3)C2)cc1. The highest BCUT2D eigenvalue weighted by Gasteiger charge is 2.40. The molecule has 0 N–H and O–H groups in total. The molecule has 1 spiro atoms. The molecule has 1 aromatic rings. The van der Waals surface area contributed by atoms with E-state index in [-0.39, 0.29) is 11.4 Å². The van der Waals surface area contributed by atoms with Crippen molar-refractivity contribution in [2.75, 3.05) is 65.5 Å². The van der Waals surface area contributed by atoms with E-state index in [1.54, 1.807) is 12.0 Å². The molecule has 1 aromatic carbocycles. The number of likely N-dealkylation sites (tertiary alicyclic amines) is 1. The van der Waals surface area contributed by atoms with Crippen LogP contribution in [0.5, 0.6) is 5.75 Å². The number of urea groups is 1. The van der Waals surface area contributed by atoms with Gasteiger partial charge >= 0.3 is 6.03 Å². The van der Waals surface area contributed by atoms with E-state index in [9.17, 15) is 4.79 Å². The van der Waals surface area contributed by atoms with Crippen molar-refractivity contribution in [2.24, 2.45) is 5.41 Å². The molecule has 6 nitrogen and oxygen atoms in total. The highest BCUT2D eigenvalue weighted by molar-refractivity contribution is 5.74. The number of piperidine rings is 1. The van der Waals surface area contributed by atoms with Crippen LogP contribution in [0.3, 0.4) is 0 Å². The number of carbonyl (C=O) groups is 1. The van der Waals surface area contributed by atoms with E-state index in [4.69, 9.17) is 9.47 Å². The van der Waals surface area contributed by atoms with E-state index < -0.39 is 0 Å². The van der Waals surface area contributed by atoms with Crippen molar-refractivity contribution in [1.82, 2.24) is 9.80 Å². The van der Waals surface area contributed by atoms with Crippen LogP contribution in [0, 0.1) is 5.41 Å². The fourth-order valence-corrected chi connectivity index (χ4v) is 3.91. The maximum atomic E-state index is 12.4. The van der Waals surface area contributed by atoms with Crippen molar-refractivity contribution in [3.8, 4) is 5.75 Å². The smallest absolute Gasteiger partial charge is 0.319 e. The number of anilines is 1. The van der Waals surface area contributed by atoms with Crippen LogP contribution < -0.4 is 9.64 Å². The molecule has 0 radical (unpaired) electrons. The molecule has 0 bridgehead atoms. The molecule has 2 aliphatic rings.